The van der Waals surface area contributed by atoms with Gasteiger partial charge in [-0.05, 0) is 30.5 Å². The minimum Gasteiger partial charge on any atom is -0.378 e. The zero-order valence-corrected chi connectivity index (χ0v) is 15.5. The van der Waals surface area contributed by atoms with Crippen molar-refractivity contribution in [3.8, 4) is 0 Å². The zero-order valence-electron chi connectivity index (χ0n) is 15.5. The first-order chi connectivity index (χ1) is 12.9. The first-order valence-corrected chi connectivity index (χ1v) is 9.53. The van der Waals surface area contributed by atoms with Crippen LogP contribution >= 0.6 is 0 Å². The van der Waals surface area contributed by atoms with Gasteiger partial charge in [0.2, 0.25) is 0 Å². The molecule has 0 amide bonds. The molecule has 8 heteroatoms. The molecule has 1 aromatic carbocycles. The molecule has 0 aromatic heterocycles. The summed E-state index contributed by atoms with van der Waals surface area (Å²) in [7, 11) is 0. The standard InChI is InChI=1S/C19H27F3N4O/c20-19(21,22)17-13-16(25-9-11-27-12-10-25)6-5-15(17)14-24-18(23)26-7-3-1-2-4-8-26/h5-6,13H,1-4,7-12,14H2,(H2,23,24). The molecule has 2 heterocycles. The summed E-state index contributed by atoms with van der Waals surface area (Å²) in [5.41, 5.74) is 6.12. The van der Waals surface area contributed by atoms with Crippen LogP contribution in [0.5, 0.6) is 0 Å². The van der Waals surface area contributed by atoms with Crippen LogP contribution in [0.2, 0.25) is 0 Å². The summed E-state index contributed by atoms with van der Waals surface area (Å²) in [4.78, 5) is 8.15. The lowest BCUT2D eigenvalue weighted by Gasteiger charge is -2.29. The van der Waals surface area contributed by atoms with Crippen LogP contribution in [0.15, 0.2) is 23.2 Å². The normalized spacial score (nSPS) is 19.9. The number of alkyl halides is 3. The van der Waals surface area contributed by atoms with Gasteiger partial charge in [-0.2, -0.15) is 13.2 Å². The Morgan fingerprint density at radius 1 is 1.04 bits per heavy atom. The van der Waals surface area contributed by atoms with Gasteiger partial charge in [0.15, 0.2) is 5.96 Å². The Labute approximate surface area is 158 Å². The molecular weight excluding hydrogens is 357 g/mol. The van der Waals surface area contributed by atoms with Gasteiger partial charge in [-0.15, -0.1) is 0 Å². The van der Waals surface area contributed by atoms with Crippen LogP contribution in [0, 0.1) is 0 Å². The number of rotatable bonds is 3. The third-order valence-corrected chi connectivity index (χ3v) is 5.12. The van der Waals surface area contributed by atoms with Gasteiger partial charge < -0.3 is 20.3 Å². The molecule has 2 N–H and O–H groups in total. The van der Waals surface area contributed by atoms with Crippen LogP contribution in [-0.2, 0) is 17.5 Å². The summed E-state index contributed by atoms with van der Waals surface area (Å²) in [5, 5.41) is 0. The lowest BCUT2D eigenvalue weighted by molar-refractivity contribution is -0.138. The van der Waals surface area contributed by atoms with Crippen molar-refractivity contribution < 1.29 is 17.9 Å². The van der Waals surface area contributed by atoms with E-state index in [1.54, 1.807) is 6.07 Å². The van der Waals surface area contributed by atoms with Gasteiger partial charge in [-0.3, -0.25) is 0 Å². The first-order valence-electron chi connectivity index (χ1n) is 9.53. The molecule has 0 spiro atoms. The average Bonchev–Trinajstić information content (AvgIpc) is 2.95. The smallest absolute Gasteiger partial charge is 0.378 e. The van der Waals surface area contributed by atoms with E-state index in [-0.39, 0.29) is 12.1 Å². The van der Waals surface area contributed by atoms with E-state index < -0.39 is 11.7 Å². The molecule has 0 saturated carbocycles. The lowest BCUT2D eigenvalue weighted by atomic mass is 10.1. The molecule has 2 aliphatic rings. The van der Waals surface area contributed by atoms with Crippen LogP contribution < -0.4 is 10.6 Å². The number of likely N-dealkylation sites (tertiary alicyclic amines) is 1. The first kappa shape index (κ1) is 19.8. The van der Waals surface area contributed by atoms with Crippen molar-refractivity contribution in [1.82, 2.24) is 4.90 Å². The minimum atomic E-state index is -4.43. The number of halogens is 3. The van der Waals surface area contributed by atoms with Gasteiger partial charge in [-0.25, -0.2) is 4.99 Å². The number of hydrogen-bond acceptors (Lipinski definition) is 3. The topological polar surface area (TPSA) is 54.1 Å². The summed E-state index contributed by atoms with van der Waals surface area (Å²) in [6.45, 7) is 3.81. The molecule has 5 nitrogen and oxygen atoms in total. The predicted octanol–water partition coefficient (Wildman–Crippen LogP) is 3.23. The monoisotopic (exact) mass is 384 g/mol. The highest BCUT2D eigenvalue weighted by Crippen LogP contribution is 2.35. The maximum absolute atomic E-state index is 13.6. The van der Waals surface area contributed by atoms with E-state index in [9.17, 15) is 13.2 Å². The lowest BCUT2D eigenvalue weighted by Crippen LogP contribution is -2.38. The molecule has 2 saturated heterocycles. The van der Waals surface area contributed by atoms with E-state index in [2.05, 4.69) is 4.99 Å². The van der Waals surface area contributed by atoms with E-state index in [0.717, 1.165) is 38.8 Å². The molecule has 2 aliphatic heterocycles. The Bertz CT molecular complexity index is 649. The number of ether oxygens (including phenoxy) is 1. The van der Waals surface area contributed by atoms with Crippen LogP contribution in [-0.4, -0.2) is 50.3 Å². The van der Waals surface area contributed by atoms with Crippen molar-refractivity contribution in [3.05, 3.63) is 29.3 Å². The number of aliphatic imine (C=N–C) groups is 1. The average molecular weight is 384 g/mol. The second-order valence-electron chi connectivity index (χ2n) is 7.01. The van der Waals surface area contributed by atoms with Gasteiger partial charge in [0.1, 0.15) is 0 Å². The van der Waals surface area contributed by atoms with Gasteiger partial charge in [0, 0.05) is 31.9 Å². The Morgan fingerprint density at radius 2 is 1.70 bits per heavy atom. The maximum Gasteiger partial charge on any atom is 0.416 e. The Balaban J connectivity index is 1.78. The molecule has 27 heavy (non-hydrogen) atoms. The SMILES string of the molecule is NC(=NCc1ccc(N2CCOCC2)cc1C(F)(F)F)N1CCCCCC1. The zero-order chi connectivity index (χ0) is 19.3. The molecule has 0 bridgehead atoms. The Kier molecular flexibility index (Phi) is 6.46. The number of nitrogens with two attached hydrogens (primary N) is 1. The summed E-state index contributed by atoms with van der Waals surface area (Å²) in [6, 6.07) is 4.47. The maximum atomic E-state index is 13.6. The molecular formula is C19H27F3N4O. The molecule has 3 rings (SSSR count). The minimum absolute atomic E-state index is 0.0689. The summed E-state index contributed by atoms with van der Waals surface area (Å²) >= 11 is 0. The molecule has 0 atom stereocenters. The van der Waals surface area contributed by atoms with Gasteiger partial charge in [-0.1, -0.05) is 18.9 Å². The molecule has 0 radical (unpaired) electrons. The quantitative estimate of drug-likeness (QED) is 0.642. The van der Waals surface area contributed by atoms with E-state index in [4.69, 9.17) is 10.5 Å². The molecule has 2 fully saturated rings. The Morgan fingerprint density at radius 3 is 2.33 bits per heavy atom. The molecule has 0 unspecified atom stereocenters. The third kappa shape index (κ3) is 5.28. The fraction of sp³-hybridized carbons (Fsp3) is 0.632. The highest BCUT2D eigenvalue weighted by atomic mass is 19.4. The summed E-state index contributed by atoms with van der Waals surface area (Å²) in [5.74, 6) is 0.335. The second kappa shape index (κ2) is 8.82. The van der Waals surface area contributed by atoms with E-state index in [1.807, 2.05) is 9.80 Å². The fourth-order valence-corrected chi connectivity index (χ4v) is 3.55. The van der Waals surface area contributed by atoms with Crippen LogP contribution in [0.3, 0.4) is 0 Å². The number of hydrogen-bond donors (Lipinski definition) is 1. The number of guanidine groups is 1. The van der Waals surface area contributed by atoms with E-state index >= 15 is 0 Å². The van der Waals surface area contributed by atoms with Crippen molar-refractivity contribution in [2.75, 3.05) is 44.3 Å². The third-order valence-electron chi connectivity index (χ3n) is 5.12. The van der Waals surface area contributed by atoms with Crippen molar-refractivity contribution in [2.45, 2.75) is 38.4 Å². The summed E-state index contributed by atoms with van der Waals surface area (Å²) < 4.78 is 46.1. The van der Waals surface area contributed by atoms with Crippen molar-refractivity contribution in [3.63, 3.8) is 0 Å². The number of morpholine rings is 1. The molecule has 1 aromatic rings. The van der Waals surface area contributed by atoms with Crippen LogP contribution in [0.4, 0.5) is 18.9 Å². The van der Waals surface area contributed by atoms with Crippen molar-refractivity contribution in [1.29, 1.82) is 0 Å². The predicted molar refractivity (Wildman–Crippen MR) is 99.8 cm³/mol. The van der Waals surface area contributed by atoms with Crippen LogP contribution in [0.25, 0.3) is 0 Å². The van der Waals surface area contributed by atoms with Crippen LogP contribution in [0.1, 0.15) is 36.8 Å². The van der Waals surface area contributed by atoms with Gasteiger partial charge in [0.05, 0.1) is 25.3 Å². The number of anilines is 1. The largest absolute Gasteiger partial charge is 0.416 e. The number of benzene rings is 1. The van der Waals surface area contributed by atoms with Crippen molar-refractivity contribution in [2.24, 2.45) is 10.7 Å². The highest BCUT2D eigenvalue weighted by Gasteiger charge is 2.34. The van der Waals surface area contributed by atoms with E-state index in [0.29, 0.717) is 38.0 Å². The highest BCUT2D eigenvalue weighted by molar-refractivity contribution is 5.78. The van der Waals surface area contributed by atoms with Crippen molar-refractivity contribution >= 4 is 11.6 Å². The molecule has 150 valence electrons. The Hall–Kier alpha value is -1.96. The van der Waals surface area contributed by atoms with E-state index in [1.165, 1.54) is 12.1 Å². The number of nitrogens with zero attached hydrogens (tertiary/aromatic N) is 3. The summed E-state index contributed by atoms with van der Waals surface area (Å²) in [6.07, 6.45) is -0.0307. The second-order valence-corrected chi connectivity index (χ2v) is 7.01. The fourth-order valence-electron chi connectivity index (χ4n) is 3.55. The van der Waals surface area contributed by atoms with Gasteiger partial charge >= 0.3 is 6.18 Å². The molecule has 0 aliphatic carbocycles. The van der Waals surface area contributed by atoms with Gasteiger partial charge in [0.25, 0.3) is 0 Å².